The van der Waals surface area contributed by atoms with E-state index >= 15 is 0 Å². The number of rotatable bonds is 2. The molecular weight excluding hydrogens is 212 g/mol. The maximum Gasteiger partial charge on any atom is 0.328 e. The average molecular weight is 220 g/mol. The fraction of sp³-hybridized carbons (Fsp3) is 0. The third-order valence-electron chi connectivity index (χ3n) is 0.892. The van der Waals surface area contributed by atoms with Gasteiger partial charge in [0.2, 0.25) is 0 Å². The number of aliphatic carboxylic acids is 1. The lowest BCUT2D eigenvalue weighted by atomic mass is 10.7. The fourth-order valence-corrected chi connectivity index (χ4v) is 0.803. The topological polar surface area (TPSA) is 120 Å². The highest BCUT2D eigenvalue weighted by atomic mass is 32.2. The minimum Gasteiger partial charge on any atom is -0.478 e. The number of hydrogen-bond donors (Lipinski definition) is 3. The number of carbonyl (C=O) groups is 1. The molecule has 0 atom stereocenters. The van der Waals surface area contributed by atoms with Crippen molar-refractivity contribution < 1.29 is 22.9 Å². The van der Waals surface area contributed by atoms with Crippen LogP contribution in [0.3, 0.4) is 0 Å². The molecule has 14 heavy (non-hydrogen) atoms. The Kier molecular flexibility index (Phi) is 4.53. The van der Waals surface area contributed by atoms with Crippen LogP contribution in [0.25, 0.3) is 0 Å². The van der Waals surface area contributed by atoms with E-state index in [2.05, 4.69) is 16.5 Å². The Morgan fingerprint density at radius 3 is 2.29 bits per heavy atom. The minimum atomic E-state index is -4.13. The van der Waals surface area contributed by atoms with Gasteiger partial charge in [0.1, 0.15) is 0 Å². The number of hydrogen-bond acceptors (Lipinski definition) is 4. The van der Waals surface area contributed by atoms with Crippen LogP contribution < -0.4 is 0 Å². The molecule has 78 valence electrons. The molecule has 0 aliphatic heterocycles. The highest BCUT2D eigenvalue weighted by Gasteiger charge is 2.09. The summed E-state index contributed by atoms with van der Waals surface area (Å²) in [6, 6.07) is 0. The minimum absolute atomic E-state index is 0.428. The van der Waals surface area contributed by atoms with Crippen molar-refractivity contribution in [2.24, 2.45) is 0 Å². The molecule has 0 radical (unpaired) electrons. The van der Waals surface area contributed by atoms with Gasteiger partial charge in [-0.3, -0.25) is 4.55 Å². The van der Waals surface area contributed by atoms with E-state index in [0.29, 0.717) is 0 Å². The van der Waals surface area contributed by atoms with Gasteiger partial charge < -0.3 is 10.1 Å². The third kappa shape index (κ3) is 5.06. The van der Waals surface area contributed by atoms with E-state index in [4.69, 9.17) is 9.66 Å². The first-order chi connectivity index (χ1) is 6.38. The molecule has 0 fully saturated rings. The first kappa shape index (κ1) is 12.3. The Labute approximate surface area is 79.9 Å². The second-order valence-corrected chi connectivity index (χ2v) is 3.25. The molecule has 7 nitrogen and oxygen atoms in total. The van der Waals surface area contributed by atoms with E-state index in [9.17, 15) is 13.2 Å². The van der Waals surface area contributed by atoms with E-state index in [1.165, 1.54) is 12.4 Å². The summed E-state index contributed by atoms with van der Waals surface area (Å²) in [6.45, 7) is 2.96. The molecule has 1 rings (SSSR count). The smallest absolute Gasteiger partial charge is 0.328 e. The first-order valence-corrected chi connectivity index (χ1v) is 4.64. The van der Waals surface area contributed by atoms with Crippen molar-refractivity contribution in [1.29, 1.82) is 0 Å². The van der Waals surface area contributed by atoms with Gasteiger partial charge in [0.25, 0.3) is 5.16 Å². The van der Waals surface area contributed by atoms with Gasteiger partial charge in [-0.25, -0.2) is 9.78 Å². The summed E-state index contributed by atoms with van der Waals surface area (Å²) in [6.07, 6.45) is 3.38. The zero-order valence-corrected chi connectivity index (χ0v) is 7.73. The maximum atomic E-state index is 10.2. The second kappa shape index (κ2) is 5.14. The molecule has 8 heteroatoms. The second-order valence-electron chi connectivity index (χ2n) is 1.91. The van der Waals surface area contributed by atoms with Crippen molar-refractivity contribution in [3.63, 3.8) is 0 Å². The van der Waals surface area contributed by atoms with Gasteiger partial charge in [-0.05, 0) is 0 Å². The molecule has 0 unspecified atom stereocenters. The van der Waals surface area contributed by atoms with Crippen LogP contribution in [0.1, 0.15) is 0 Å². The van der Waals surface area contributed by atoms with Gasteiger partial charge in [-0.2, -0.15) is 8.42 Å². The largest absolute Gasteiger partial charge is 0.478 e. The van der Waals surface area contributed by atoms with Gasteiger partial charge in [0.15, 0.2) is 0 Å². The lowest BCUT2D eigenvalue weighted by molar-refractivity contribution is -0.131. The highest BCUT2D eigenvalue weighted by molar-refractivity contribution is 7.85. The van der Waals surface area contributed by atoms with Crippen molar-refractivity contribution in [3.05, 3.63) is 25.0 Å². The molecule has 0 saturated heterocycles. The molecule has 3 N–H and O–H groups in total. The maximum absolute atomic E-state index is 10.2. The highest BCUT2D eigenvalue weighted by Crippen LogP contribution is 1.96. The van der Waals surface area contributed by atoms with Crippen molar-refractivity contribution in [1.82, 2.24) is 9.97 Å². The van der Waals surface area contributed by atoms with Crippen LogP contribution in [0.4, 0.5) is 0 Å². The van der Waals surface area contributed by atoms with Crippen molar-refractivity contribution in [3.8, 4) is 0 Å². The number of aromatic amines is 1. The molecule has 0 saturated carbocycles. The number of carboxylic acids is 1. The predicted octanol–water partition coefficient (Wildman–Crippen LogP) is -0.0866. The Morgan fingerprint density at radius 1 is 1.64 bits per heavy atom. The molecule has 0 aliphatic rings. The Hall–Kier alpha value is -1.67. The molecule has 0 amide bonds. The molecule has 0 bridgehead atoms. The lowest BCUT2D eigenvalue weighted by Crippen LogP contribution is -1.99. The van der Waals surface area contributed by atoms with Crippen LogP contribution in [0.2, 0.25) is 0 Å². The normalized spacial score (nSPS) is 9.79. The van der Waals surface area contributed by atoms with Crippen LogP contribution in [-0.2, 0) is 14.9 Å². The number of nitrogens with zero attached hydrogens (tertiary/aromatic N) is 1. The molecule has 1 aromatic heterocycles. The summed E-state index contributed by atoms with van der Waals surface area (Å²) < 4.78 is 28.6. The Morgan fingerprint density at radius 2 is 2.14 bits per heavy atom. The van der Waals surface area contributed by atoms with E-state index in [1.54, 1.807) is 0 Å². The SMILES string of the molecule is C=CC(=O)O.O=S(=O)(O)c1ncc[nH]1. The van der Waals surface area contributed by atoms with Crippen molar-refractivity contribution in [2.75, 3.05) is 0 Å². The molecular formula is C6H8N2O5S. The zero-order valence-electron chi connectivity index (χ0n) is 6.91. The summed E-state index contributed by atoms with van der Waals surface area (Å²) in [5, 5.41) is 7.18. The molecule has 0 aromatic carbocycles. The zero-order chi connectivity index (χ0) is 11.2. The number of carboxylic acid groups (broad SMARTS) is 1. The summed E-state index contributed by atoms with van der Waals surface area (Å²) in [7, 11) is -4.13. The van der Waals surface area contributed by atoms with E-state index in [-0.39, 0.29) is 0 Å². The average Bonchev–Trinajstić information content (AvgIpc) is 2.56. The lowest BCUT2D eigenvalue weighted by Gasteiger charge is -1.84. The summed E-state index contributed by atoms with van der Waals surface area (Å²) in [4.78, 5) is 14.8. The van der Waals surface area contributed by atoms with Crippen LogP contribution in [0.15, 0.2) is 30.2 Å². The third-order valence-corrected chi connectivity index (χ3v) is 1.60. The molecule has 0 aliphatic carbocycles. The Bertz CT molecular complexity index is 394. The molecule has 1 heterocycles. The summed E-state index contributed by atoms with van der Waals surface area (Å²) >= 11 is 0. The standard InChI is InChI=1S/C3H4N2O3S.C3H4O2/c6-9(7,8)3-4-1-2-5-3;1-2-3(4)5/h1-2H,(H,4,5)(H,6,7,8);2H,1H2,(H,4,5). The van der Waals surface area contributed by atoms with Crippen LogP contribution in [0.5, 0.6) is 0 Å². The van der Waals surface area contributed by atoms with E-state index in [1.807, 2.05) is 0 Å². The van der Waals surface area contributed by atoms with Gasteiger partial charge in [0, 0.05) is 18.5 Å². The number of imidazole rings is 1. The van der Waals surface area contributed by atoms with Crippen molar-refractivity contribution >= 4 is 16.1 Å². The van der Waals surface area contributed by atoms with Crippen LogP contribution in [-0.4, -0.2) is 34.0 Å². The molecule has 1 aromatic rings. The van der Waals surface area contributed by atoms with Crippen LogP contribution in [0, 0.1) is 0 Å². The fourth-order valence-electron chi connectivity index (χ4n) is 0.392. The summed E-state index contributed by atoms with van der Waals surface area (Å²) in [5.41, 5.74) is 0. The number of H-pyrrole nitrogens is 1. The monoisotopic (exact) mass is 220 g/mol. The van der Waals surface area contributed by atoms with E-state index in [0.717, 1.165) is 6.08 Å². The Balaban J connectivity index is 0.000000292. The quantitative estimate of drug-likeness (QED) is 0.473. The van der Waals surface area contributed by atoms with Gasteiger partial charge in [-0.15, -0.1) is 0 Å². The predicted molar refractivity (Wildman–Crippen MR) is 46.2 cm³/mol. The number of aromatic nitrogens is 2. The van der Waals surface area contributed by atoms with E-state index < -0.39 is 21.2 Å². The van der Waals surface area contributed by atoms with Gasteiger partial charge >= 0.3 is 16.1 Å². The van der Waals surface area contributed by atoms with Gasteiger partial charge in [-0.1, -0.05) is 6.58 Å². The van der Waals surface area contributed by atoms with Crippen LogP contribution >= 0.6 is 0 Å². The first-order valence-electron chi connectivity index (χ1n) is 3.20. The van der Waals surface area contributed by atoms with Gasteiger partial charge in [0.05, 0.1) is 0 Å². The number of nitrogens with one attached hydrogen (secondary N) is 1. The van der Waals surface area contributed by atoms with Crippen molar-refractivity contribution in [2.45, 2.75) is 5.16 Å². The summed E-state index contributed by atoms with van der Waals surface area (Å²) in [5.74, 6) is -0.981. The molecule has 0 spiro atoms.